The summed E-state index contributed by atoms with van der Waals surface area (Å²) >= 11 is 0. The minimum absolute atomic E-state index is 0.134. The molecular formula is C9H14N2O. The topological polar surface area (TPSA) is 36.3 Å². The molecule has 1 atom stereocenters. The van der Waals surface area contributed by atoms with Crippen LogP contribution >= 0.6 is 0 Å². The molecule has 0 aliphatic carbocycles. The Balaban J connectivity index is 2.04. The molecule has 0 saturated carbocycles. The summed E-state index contributed by atoms with van der Waals surface area (Å²) in [5.74, 6) is 0.543. The van der Waals surface area contributed by atoms with Crippen molar-refractivity contribution in [1.82, 2.24) is 4.90 Å². The zero-order chi connectivity index (χ0) is 8.60. The van der Waals surface area contributed by atoms with Crippen LogP contribution in [0, 0.1) is 22.7 Å². The minimum atomic E-state index is -0.134. The van der Waals surface area contributed by atoms with Gasteiger partial charge in [0.25, 0.3) is 0 Å². The minimum Gasteiger partial charge on any atom is -0.378 e. The predicted octanol–water partition coefficient (Wildman–Crippen LogP) is 0.478. The van der Waals surface area contributed by atoms with Gasteiger partial charge in [-0.15, -0.1) is 0 Å². The molecule has 0 aromatic heterocycles. The van der Waals surface area contributed by atoms with E-state index >= 15 is 0 Å². The second-order valence-corrected chi connectivity index (χ2v) is 4.01. The Bertz CT molecular complexity index is 217. The first kappa shape index (κ1) is 8.03. The molecule has 2 aliphatic rings. The smallest absolute Gasteiger partial charge is 0.108 e. The quantitative estimate of drug-likeness (QED) is 0.568. The molecule has 12 heavy (non-hydrogen) atoms. The maximum absolute atomic E-state index is 9.03. The largest absolute Gasteiger partial charge is 0.378 e. The summed E-state index contributed by atoms with van der Waals surface area (Å²) in [5, 5.41) is 9.03. The van der Waals surface area contributed by atoms with Gasteiger partial charge in [0.1, 0.15) is 5.41 Å². The highest BCUT2D eigenvalue weighted by molar-refractivity contribution is 5.09. The molecule has 0 spiro atoms. The Kier molecular flexibility index (Phi) is 1.82. The summed E-state index contributed by atoms with van der Waals surface area (Å²) in [4.78, 5) is 2.29. The lowest BCUT2D eigenvalue weighted by Crippen LogP contribution is -2.48. The summed E-state index contributed by atoms with van der Waals surface area (Å²) in [6, 6.07) is 2.43. The van der Waals surface area contributed by atoms with E-state index in [1.807, 2.05) is 0 Å². The second kappa shape index (κ2) is 2.72. The van der Waals surface area contributed by atoms with E-state index in [0.29, 0.717) is 19.1 Å². The molecule has 1 unspecified atom stereocenters. The van der Waals surface area contributed by atoms with Crippen LogP contribution in [-0.2, 0) is 4.74 Å². The normalized spacial score (nSPS) is 34.2. The van der Waals surface area contributed by atoms with Crippen molar-refractivity contribution in [3.05, 3.63) is 0 Å². The molecule has 3 nitrogen and oxygen atoms in total. The van der Waals surface area contributed by atoms with Gasteiger partial charge in [-0.2, -0.15) is 5.26 Å². The van der Waals surface area contributed by atoms with Crippen LogP contribution in [-0.4, -0.2) is 38.3 Å². The number of rotatable bonds is 1. The highest BCUT2D eigenvalue weighted by Crippen LogP contribution is 2.39. The van der Waals surface area contributed by atoms with Gasteiger partial charge in [-0.3, -0.25) is 0 Å². The average molecular weight is 166 g/mol. The second-order valence-electron chi connectivity index (χ2n) is 4.01. The van der Waals surface area contributed by atoms with Gasteiger partial charge >= 0.3 is 0 Å². The summed E-state index contributed by atoms with van der Waals surface area (Å²) < 4.78 is 5.14. The zero-order valence-electron chi connectivity index (χ0n) is 7.42. The lowest BCUT2D eigenvalue weighted by atomic mass is 9.74. The molecule has 2 rings (SSSR count). The van der Waals surface area contributed by atoms with E-state index in [4.69, 9.17) is 10.00 Å². The zero-order valence-corrected chi connectivity index (χ0v) is 7.42. The molecule has 0 bridgehead atoms. The fourth-order valence-electron chi connectivity index (χ4n) is 2.10. The van der Waals surface area contributed by atoms with Crippen molar-refractivity contribution < 1.29 is 4.74 Å². The van der Waals surface area contributed by atoms with E-state index in [-0.39, 0.29) is 5.41 Å². The Morgan fingerprint density at radius 3 is 2.67 bits per heavy atom. The molecule has 2 heterocycles. The first-order valence-corrected chi connectivity index (χ1v) is 4.44. The van der Waals surface area contributed by atoms with Crippen molar-refractivity contribution in [1.29, 1.82) is 5.26 Å². The van der Waals surface area contributed by atoms with Gasteiger partial charge < -0.3 is 9.64 Å². The number of hydrogen-bond acceptors (Lipinski definition) is 3. The number of nitriles is 1. The van der Waals surface area contributed by atoms with Gasteiger partial charge in [0, 0.05) is 6.54 Å². The first-order valence-electron chi connectivity index (χ1n) is 4.44. The van der Waals surface area contributed by atoms with Gasteiger partial charge in [0.15, 0.2) is 0 Å². The lowest BCUT2D eigenvalue weighted by molar-refractivity contribution is -0.106. The monoisotopic (exact) mass is 166 g/mol. The Labute approximate surface area is 72.9 Å². The van der Waals surface area contributed by atoms with Crippen LogP contribution in [0.15, 0.2) is 0 Å². The van der Waals surface area contributed by atoms with Crippen LogP contribution in [0.4, 0.5) is 0 Å². The maximum Gasteiger partial charge on any atom is 0.108 e. The molecule has 2 aliphatic heterocycles. The molecule has 0 N–H and O–H groups in total. The van der Waals surface area contributed by atoms with Crippen molar-refractivity contribution >= 4 is 0 Å². The van der Waals surface area contributed by atoms with E-state index in [0.717, 1.165) is 19.5 Å². The summed E-state index contributed by atoms with van der Waals surface area (Å²) in [6.07, 6.45) is 1.16. The third-order valence-electron chi connectivity index (χ3n) is 3.11. The van der Waals surface area contributed by atoms with Gasteiger partial charge in [-0.05, 0) is 25.9 Å². The maximum atomic E-state index is 9.03. The SMILES string of the molecule is CN1CCC(C2(C#N)COC2)C1. The third-order valence-corrected chi connectivity index (χ3v) is 3.11. The van der Waals surface area contributed by atoms with E-state index in [9.17, 15) is 0 Å². The van der Waals surface area contributed by atoms with Crippen molar-refractivity contribution in [2.45, 2.75) is 6.42 Å². The molecule has 0 aromatic carbocycles. The lowest BCUT2D eigenvalue weighted by Gasteiger charge is -2.39. The number of ether oxygens (including phenoxy) is 1. The Morgan fingerprint density at radius 2 is 2.33 bits per heavy atom. The predicted molar refractivity (Wildman–Crippen MR) is 44.5 cm³/mol. The summed E-state index contributed by atoms with van der Waals surface area (Å²) in [5.41, 5.74) is -0.134. The molecule has 0 amide bonds. The Hall–Kier alpha value is -0.590. The van der Waals surface area contributed by atoms with Crippen LogP contribution < -0.4 is 0 Å². The number of likely N-dealkylation sites (tertiary alicyclic amines) is 1. The Morgan fingerprint density at radius 1 is 1.58 bits per heavy atom. The van der Waals surface area contributed by atoms with Crippen molar-refractivity contribution in [2.24, 2.45) is 11.3 Å². The molecule has 2 fully saturated rings. The van der Waals surface area contributed by atoms with E-state index in [1.165, 1.54) is 0 Å². The van der Waals surface area contributed by atoms with Gasteiger partial charge in [-0.25, -0.2) is 0 Å². The fraction of sp³-hybridized carbons (Fsp3) is 0.889. The molecule has 0 aromatic rings. The standard InChI is InChI=1S/C9H14N2O/c1-11-3-2-8(4-11)9(5-10)6-12-7-9/h8H,2-4,6-7H2,1H3. The van der Waals surface area contributed by atoms with E-state index < -0.39 is 0 Å². The molecule has 3 heteroatoms. The van der Waals surface area contributed by atoms with Crippen molar-refractivity contribution in [3.63, 3.8) is 0 Å². The highest BCUT2D eigenvalue weighted by Gasteiger charge is 2.47. The summed E-state index contributed by atoms with van der Waals surface area (Å²) in [6.45, 7) is 3.51. The van der Waals surface area contributed by atoms with Crippen molar-refractivity contribution in [3.8, 4) is 6.07 Å². The van der Waals surface area contributed by atoms with Crippen LogP contribution in [0.1, 0.15) is 6.42 Å². The first-order chi connectivity index (χ1) is 5.77. The van der Waals surface area contributed by atoms with Gasteiger partial charge in [-0.1, -0.05) is 0 Å². The molecular weight excluding hydrogens is 152 g/mol. The third kappa shape index (κ3) is 1.03. The van der Waals surface area contributed by atoms with E-state index in [2.05, 4.69) is 18.0 Å². The van der Waals surface area contributed by atoms with Crippen molar-refractivity contribution in [2.75, 3.05) is 33.4 Å². The summed E-state index contributed by atoms with van der Waals surface area (Å²) in [7, 11) is 2.12. The van der Waals surface area contributed by atoms with Gasteiger partial charge in [0.2, 0.25) is 0 Å². The van der Waals surface area contributed by atoms with E-state index in [1.54, 1.807) is 0 Å². The highest BCUT2D eigenvalue weighted by atomic mass is 16.5. The van der Waals surface area contributed by atoms with Crippen LogP contribution in [0.3, 0.4) is 0 Å². The molecule has 0 radical (unpaired) electrons. The molecule has 2 saturated heterocycles. The van der Waals surface area contributed by atoms with Crippen LogP contribution in [0.5, 0.6) is 0 Å². The number of hydrogen-bond donors (Lipinski definition) is 0. The van der Waals surface area contributed by atoms with Crippen LogP contribution in [0.25, 0.3) is 0 Å². The van der Waals surface area contributed by atoms with Gasteiger partial charge in [0.05, 0.1) is 19.3 Å². The fourth-order valence-corrected chi connectivity index (χ4v) is 2.10. The van der Waals surface area contributed by atoms with Crippen LogP contribution in [0.2, 0.25) is 0 Å². The average Bonchev–Trinajstić information content (AvgIpc) is 2.35. The number of nitrogens with zero attached hydrogens (tertiary/aromatic N) is 2. The molecule has 66 valence electrons.